The van der Waals surface area contributed by atoms with Crippen LogP contribution in [0.1, 0.15) is 19.4 Å². The van der Waals surface area contributed by atoms with Gasteiger partial charge in [-0.15, -0.1) is 23.5 Å². The summed E-state index contributed by atoms with van der Waals surface area (Å²) in [5.41, 5.74) is 0.925. The molecule has 2 heterocycles. The second-order valence-electron chi connectivity index (χ2n) is 6.92. The predicted octanol–water partition coefficient (Wildman–Crippen LogP) is 3.77. The molecular formula is C19H28ClN9O6S3. The van der Waals surface area contributed by atoms with E-state index in [0.717, 1.165) is 26.3 Å². The van der Waals surface area contributed by atoms with Gasteiger partial charge in [0.15, 0.2) is 5.03 Å². The van der Waals surface area contributed by atoms with E-state index < -0.39 is 17.2 Å². The number of amides is 2. The molecule has 19 heteroatoms. The predicted molar refractivity (Wildman–Crippen MR) is 151 cm³/mol. The molecule has 38 heavy (non-hydrogen) atoms. The average molecular weight is 610 g/mol. The lowest BCUT2D eigenvalue weighted by molar-refractivity contribution is -0.485. The van der Waals surface area contributed by atoms with Crippen molar-refractivity contribution in [2.75, 3.05) is 39.7 Å². The SMILES string of the molecule is CS/C(C)=N\OC(=O)N(C)SN(C)C(=O)O/N=C(/C)SC.O=[N+]([O-])/N=C1\NCCN1Cc1ccc(Cl)nc1. The van der Waals surface area contributed by atoms with Crippen molar-refractivity contribution >= 4 is 75.5 Å². The Hall–Kier alpha value is -2.96. The second-order valence-corrected chi connectivity index (χ2v) is 10.6. The summed E-state index contributed by atoms with van der Waals surface area (Å²) in [5.74, 6) is 0.282. The topological polar surface area (TPSA) is 167 Å². The highest BCUT2D eigenvalue weighted by atomic mass is 35.5. The highest BCUT2D eigenvalue weighted by molar-refractivity contribution is 8.13. The van der Waals surface area contributed by atoms with Crippen molar-refractivity contribution in [2.24, 2.45) is 15.4 Å². The fourth-order valence-corrected chi connectivity index (χ4v) is 3.12. The van der Waals surface area contributed by atoms with Crippen LogP contribution in [0.4, 0.5) is 9.59 Å². The fraction of sp³-hybridized carbons (Fsp3) is 0.474. The van der Waals surface area contributed by atoms with Crippen LogP contribution in [0.5, 0.6) is 0 Å². The Kier molecular flexibility index (Phi) is 15.3. The highest BCUT2D eigenvalue weighted by Crippen LogP contribution is 2.15. The molecule has 0 atom stereocenters. The van der Waals surface area contributed by atoms with Gasteiger partial charge in [-0.25, -0.2) is 33.3 Å². The minimum Gasteiger partial charge on any atom is -0.349 e. The molecular weight excluding hydrogens is 582 g/mol. The Bertz CT molecular complexity index is 1010. The zero-order valence-corrected chi connectivity index (χ0v) is 24.7. The molecule has 0 aliphatic carbocycles. The number of pyridine rings is 1. The zero-order chi connectivity index (χ0) is 28.7. The molecule has 0 spiro atoms. The Morgan fingerprint density at radius 2 is 1.71 bits per heavy atom. The molecule has 2 amide bonds. The van der Waals surface area contributed by atoms with Crippen LogP contribution in [0.2, 0.25) is 5.15 Å². The number of carbonyl (C=O) groups excluding carboxylic acids is 2. The van der Waals surface area contributed by atoms with E-state index >= 15 is 0 Å². The van der Waals surface area contributed by atoms with Crippen molar-refractivity contribution in [1.29, 1.82) is 0 Å². The number of hydrogen-bond acceptors (Lipinski definition) is 12. The van der Waals surface area contributed by atoms with Gasteiger partial charge in [0, 0.05) is 39.9 Å². The third-order valence-electron chi connectivity index (χ3n) is 4.16. The molecule has 0 bridgehead atoms. The van der Waals surface area contributed by atoms with Gasteiger partial charge in [-0.3, -0.25) is 9.68 Å². The number of guanidine groups is 1. The van der Waals surface area contributed by atoms with Gasteiger partial charge in [0.2, 0.25) is 0 Å². The molecule has 0 saturated carbocycles. The molecule has 210 valence electrons. The first-order valence-corrected chi connectivity index (χ1v) is 14.1. The van der Waals surface area contributed by atoms with Crippen molar-refractivity contribution in [1.82, 2.24) is 23.8 Å². The van der Waals surface area contributed by atoms with Crippen LogP contribution in [0.3, 0.4) is 0 Å². The molecule has 1 aromatic rings. The van der Waals surface area contributed by atoms with E-state index in [1.54, 1.807) is 31.0 Å². The van der Waals surface area contributed by atoms with Gasteiger partial charge in [-0.1, -0.05) is 28.0 Å². The molecule has 0 aromatic carbocycles. The number of nitrogens with one attached hydrogen (secondary N) is 1. The van der Waals surface area contributed by atoms with Crippen LogP contribution < -0.4 is 5.32 Å². The summed E-state index contributed by atoms with van der Waals surface area (Å²) in [4.78, 5) is 48.6. The van der Waals surface area contributed by atoms with E-state index in [1.807, 2.05) is 18.6 Å². The molecule has 15 nitrogen and oxygen atoms in total. The maximum absolute atomic E-state index is 11.6. The summed E-state index contributed by atoms with van der Waals surface area (Å²) in [6.07, 6.45) is 3.84. The summed E-state index contributed by atoms with van der Waals surface area (Å²) < 4.78 is 2.20. The lowest BCUT2D eigenvalue weighted by Gasteiger charge is -2.19. The summed E-state index contributed by atoms with van der Waals surface area (Å²) in [6, 6.07) is 3.52. The van der Waals surface area contributed by atoms with Crippen LogP contribution in [0.25, 0.3) is 0 Å². The van der Waals surface area contributed by atoms with Crippen LogP contribution in [-0.2, 0) is 16.2 Å². The zero-order valence-electron chi connectivity index (χ0n) is 21.5. The molecule has 2 rings (SSSR count). The summed E-state index contributed by atoms with van der Waals surface area (Å²) in [5, 5.41) is 24.6. The molecule has 1 aliphatic heterocycles. The second kappa shape index (κ2) is 17.5. The minimum absolute atomic E-state index is 0.282. The first-order valence-electron chi connectivity index (χ1n) is 10.5. The van der Waals surface area contributed by atoms with Crippen LogP contribution in [0, 0.1) is 10.1 Å². The molecule has 0 unspecified atom stereocenters. The summed E-state index contributed by atoms with van der Waals surface area (Å²) in [6.45, 7) is 5.26. The number of carbonyl (C=O) groups is 2. The van der Waals surface area contributed by atoms with E-state index in [1.165, 1.54) is 37.6 Å². The largest absolute Gasteiger partial charge is 0.447 e. The van der Waals surface area contributed by atoms with Gasteiger partial charge in [-0.2, -0.15) is 0 Å². The first kappa shape index (κ1) is 33.1. The Morgan fingerprint density at radius 3 is 2.16 bits per heavy atom. The molecule has 0 radical (unpaired) electrons. The fourth-order valence-electron chi connectivity index (χ4n) is 2.22. The lowest BCUT2D eigenvalue weighted by Crippen LogP contribution is -2.30. The Balaban J connectivity index is 0.000000386. The summed E-state index contributed by atoms with van der Waals surface area (Å²) in [7, 11) is 2.88. The highest BCUT2D eigenvalue weighted by Gasteiger charge is 2.21. The van der Waals surface area contributed by atoms with E-state index in [0.29, 0.717) is 34.9 Å². The first-order chi connectivity index (χ1) is 18.0. The third-order valence-corrected chi connectivity index (χ3v) is 6.50. The minimum atomic E-state index is -0.711. The van der Waals surface area contributed by atoms with E-state index in [2.05, 4.69) is 35.4 Å². The van der Waals surface area contributed by atoms with Crippen molar-refractivity contribution in [2.45, 2.75) is 20.4 Å². The van der Waals surface area contributed by atoms with Crippen LogP contribution in [0.15, 0.2) is 33.7 Å². The summed E-state index contributed by atoms with van der Waals surface area (Å²) >= 11 is 9.19. The van der Waals surface area contributed by atoms with Crippen molar-refractivity contribution < 1.29 is 24.3 Å². The number of oxime groups is 2. The number of rotatable bonds is 7. The van der Waals surface area contributed by atoms with Gasteiger partial charge < -0.3 is 10.2 Å². The monoisotopic (exact) mass is 609 g/mol. The number of hydrogen-bond donors (Lipinski definition) is 1. The molecule has 1 saturated heterocycles. The standard InChI is InChI=1S/C10H18N4O4S3.C9H10ClN5O2/c1-7(19-5)11-17-9(15)13(3)21-14(4)10(16)18-12-8(2)20-6;10-8-2-1-7(5-12-8)6-14-4-3-11-9(14)13-15(16)17/h1-6H3;1-2,5H,3-4,6H2,(H,11,13)/b11-7-,12-8-;. The lowest BCUT2D eigenvalue weighted by atomic mass is 10.3. The Morgan fingerprint density at radius 1 is 1.16 bits per heavy atom. The average Bonchev–Trinajstić information content (AvgIpc) is 3.32. The van der Waals surface area contributed by atoms with Gasteiger partial charge in [0.25, 0.3) is 5.96 Å². The van der Waals surface area contributed by atoms with E-state index in [-0.39, 0.29) is 5.96 Å². The van der Waals surface area contributed by atoms with Gasteiger partial charge in [-0.05, 0) is 38.0 Å². The molecule has 1 fully saturated rings. The number of hydrazone groups is 1. The van der Waals surface area contributed by atoms with E-state index in [9.17, 15) is 19.7 Å². The normalized spacial score (nSPS) is 14.3. The quantitative estimate of drug-likeness (QED) is 0.0905. The third kappa shape index (κ3) is 13.0. The van der Waals surface area contributed by atoms with Crippen molar-refractivity contribution in [3.8, 4) is 0 Å². The van der Waals surface area contributed by atoms with Gasteiger partial charge in [0.05, 0.1) is 12.1 Å². The van der Waals surface area contributed by atoms with Crippen LogP contribution in [-0.4, -0.2) is 91.5 Å². The Labute approximate surface area is 237 Å². The maximum Gasteiger partial charge on any atom is 0.447 e. The number of nitrogens with zero attached hydrogens (tertiary/aromatic N) is 8. The van der Waals surface area contributed by atoms with Gasteiger partial charge >= 0.3 is 12.2 Å². The van der Waals surface area contributed by atoms with Crippen molar-refractivity contribution in [3.05, 3.63) is 39.2 Å². The number of aromatic nitrogens is 1. The molecule has 1 N–H and O–H groups in total. The smallest absolute Gasteiger partial charge is 0.349 e. The maximum atomic E-state index is 11.6. The molecule has 1 aromatic heterocycles. The molecule has 1 aliphatic rings. The van der Waals surface area contributed by atoms with Crippen molar-refractivity contribution in [3.63, 3.8) is 0 Å². The van der Waals surface area contributed by atoms with E-state index in [4.69, 9.17) is 11.6 Å². The van der Waals surface area contributed by atoms with Crippen LogP contribution >= 0.6 is 47.3 Å². The van der Waals surface area contributed by atoms with Gasteiger partial charge in [0.1, 0.15) is 20.3 Å². The number of halogens is 1. The number of nitro groups is 1. The number of thioether (sulfide) groups is 2.